The van der Waals surface area contributed by atoms with Crippen molar-refractivity contribution >= 4 is 23.4 Å². The number of rotatable bonds is 6. The van der Waals surface area contributed by atoms with Gasteiger partial charge in [-0.1, -0.05) is 42.5 Å². The second-order valence-corrected chi connectivity index (χ2v) is 7.27. The number of carbonyl (C=O) groups excluding carboxylic acids is 3. The Kier molecular flexibility index (Phi) is 7.23. The lowest BCUT2D eigenvalue weighted by Gasteiger charge is -2.18. The first kappa shape index (κ1) is 22.6. The summed E-state index contributed by atoms with van der Waals surface area (Å²) in [5.41, 5.74) is 7.74. The normalized spacial score (nSPS) is 11.2. The van der Waals surface area contributed by atoms with Crippen molar-refractivity contribution in [1.29, 1.82) is 0 Å². The number of carbonyl (C=O) groups is 3. The zero-order valence-electron chi connectivity index (χ0n) is 18.1. The average Bonchev–Trinajstić information content (AvgIpc) is 2.81. The first-order valence-corrected chi connectivity index (χ1v) is 10.2. The smallest absolute Gasteiger partial charge is 0.279 e. The van der Waals surface area contributed by atoms with Gasteiger partial charge in [0.15, 0.2) is 6.10 Å². The van der Waals surface area contributed by atoms with E-state index in [1.54, 1.807) is 61.5 Å². The molecule has 0 aliphatic rings. The van der Waals surface area contributed by atoms with Gasteiger partial charge in [0.2, 0.25) is 0 Å². The third kappa shape index (κ3) is 5.51. The van der Waals surface area contributed by atoms with Crippen LogP contribution in [0.3, 0.4) is 0 Å². The van der Waals surface area contributed by atoms with Crippen molar-refractivity contribution in [2.24, 2.45) is 0 Å². The van der Waals surface area contributed by atoms with Crippen LogP contribution in [0, 0.1) is 13.8 Å². The standard InChI is InChI=1S/C25H25N3O4/c1-16-10-9-15-22(17(16)2)32-18(3)23(29)27-28-25(31)20-13-7-8-14-21(20)26-24(30)19-11-5-4-6-12-19/h4-15,18H,1-3H3,(H,26,30)(H,27,29)(H,28,31). The molecule has 1 atom stereocenters. The molecule has 164 valence electrons. The lowest BCUT2D eigenvalue weighted by molar-refractivity contribution is -0.128. The van der Waals surface area contributed by atoms with Gasteiger partial charge >= 0.3 is 0 Å². The number of aryl methyl sites for hydroxylation is 1. The van der Waals surface area contributed by atoms with E-state index in [0.717, 1.165) is 11.1 Å². The molecule has 0 aromatic heterocycles. The van der Waals surface area contributed by atoms with E-state index in [1.165, 1.54) is 0 Å². The van der Waals surface area contributed by atoms with E-state index >= 15 is 0 Å². The van der Waals surface area contributed by atoms with E-state index < -0.39 is 17.9 Å². The van der Waals surface area contributed by atoms with Crippen LogP contribution in [0.1, 0.15) is 38.8 Å². The van der Waals surface area contributed by atoms with Crippen LogP contribution in [0.15, 0.2) is 72.8 Å². The highest BCUT2D eigenvalue weighted by Gasteiger charge is 2.19. The summed E-state index contributed by atoms with van der Waals surface area (Å²) >= 11 is 0. The van der Waals surface area contributed by atoms with Gasteiger partial charge in [-0.25, -0.2) is 0 Å². The summed E-state index contributed by atoms with van der Waals surface area (Å²) < 4.78 is 5.73. The van der Waals surface area contributed by atoms with Crippen LogP contribution in [0.5, 0.6) is 5.75 Å². The molecule has 0 fully saturated rings. The maximum Gasteiger partial charge on any atom is 0.279 e. The molecular formula is C25H25N3O4. The number of hydrazine groups is 1. The molecule has 0 saturated heterocycles. The number of hydrogen-bond donors (Lipinski definition) is 3. The molecule has 32 heavy (non-hydrogen) atoms. The zero-order chi connectivity index (χ0) is 23.1. The van der Waals surface area contributed by atoms with Gasteiger partial charge in [-0.3, -0.25) is 25.2 Å². The predicted octanol–water partition coefficient (Wildman–Crippen LogP) is 3.78. The molecule has 0 spiro atoms. The van der Waals surface area contributed by atoms with Crippen LogP contribution in [0.4, 0.5) is 5.69 Å². The van der Waals surface area contributed by atoms with Crippen LogP contribution < -0.4 is 20.9 Å². The number of anilines is 1. The van der Waals surface area contributed by atoms with Crippen molar-refractivity contribution in [3.8, 4) is 5.75 Å². The predicted molar refractivity (Wildman–Crippen MR) is 122 cm³/mol. The molecule has 1 unspecified atom stereocenters. The largest absolute Gasteiger partial charge is 0.481 e. The average molecular weight is 431 g/mol. The molecule has 3 rings (SSSR count). The summed E-state index contributed by atoms with van der Waals surface area (Å²) in [6, 6.07) is 20.8. The Morgan fingerprint density at radius 1 is 0.781 bits per heavy atom. The fraction of sp³-hybridized carbons (Fsp3) is 0.160. The van der Waals surface area contributed by atoms with Crippen LogP contribution >= 0.6 is 0 Å². The van der Waals surface area contributed by atoms with Crippen molar-refractivity contribution in [1.82, 2.24) is 10.9 Å². The lowest BCUT2D eigenvalue weighted by atomic mass is 10.1. The Bertz CT molecular complexity index is 1130. The van der Waals surface area contributed by atoms with Gasteiger partial charge in [-0.2, -0.15) is 0 Å². The summed E-state index contributed by atoms with van der Waals surface area (Å²) in [6.45, 7) is 5.47. The molecule has 0 heterocycles. The molecule has 3 amide bonds. The van der Waals surface area contributed by atoms with Crippen LogP contribution in [0.25, 0.3) is 0 Å². The summed E-state index contributed by atoms with van der Waals surface area (Å²) in [4.78, 5) is 37.5. The van der Waals surface area contributed by atoms with Crippen molar-refractivity contribution in [2.45, 2.75) is 26.9 Å². The molecule has 7 heteroatoms. The van der Waals surface area contributed by atoms with Crippen molar-refractivity contribution < 1.29 is 19.1 Å². The minimum atomic E-state index is -0.830. The van der Waals surface area contributed by atoms with Crippen molar-refractivity contribution in [3.63, 3.8) is 0 Å². The molecule has 0 bridgehead atoms. The fourth-order valence-corrected chi connectivity index (χ4v) is 2.96. The summed E-state index contributed by atoms with van der Waals surface area (Å²) in [5, 5.41) is 2.73. The Morgan fingerprint density at radius 2 is 1.47 bits per heavy atom. The van der Waals surface area contributed by atoms with Crippen molar-refractivity contribution in [2.75, 3.05) is 5.32 Å². The van der Waals surface area contributed by atoms with E-state index in [1.807, 2.05) is 32.0 Å². The molecule has 7 nitrogen and oxygen atoms in total. The van der Waals surface area contributed by atoms with E-state index in [9.17, 15) is 14.4 Å². The van der Waals surface area contributed by atoms with Gasteiger partial charge in [-0.05, 0) is 62.2 Å². The molecule has 3 aromatic carbocycles. The van der Waals surface area contributed by atoms with Gasteiger partial charge in [0.1, 0.15) is 5.75 Å². The van der Waals surface area contributed by atoms with Crippen LogP contribution in [0.2, 0.25) is 0 Å². The van der Waals surface area contributed by atoms with Gasteiger partial charge in [0, 0.05) is 5.56 Å². The third-order valence-electron chi connectivity index (χ3n) is 4.98. The summed E-state index contributed by atoms with van der Waals surface area (Å²) in [5.74, 6) is -0.815. The highest BCUT2D eigenvalue weighted by molar-refractivity contribution is 6.09. The number of para-hydroxylation sites is 1. The Labute approximate surface area is 186 Å². The van der Waals surface area contributed by atoms with E-state index in [4.69, 9.17) is 4.74 Å². The van der Waals surface area contributed by atoms with Crippen LogP contribution in [-0.2, 0) is 4.79 Å². The Morgan fingerprint density at radius 3 is 2.22 bits per heavy atom. The maximum atomic E-state index is 12.6. The first-order chi connectivity index (χ1) is 15.4. The zero-order valence-corrected chi connectivity index (χ0v) is 18.1. The molecular weight excluding hydrogens is 406 g/mol. The van der Waals surface area contributed by atoms with Crippen LogP contribution in [-0.4, -0.2) is 23.8 Å². The first-order valence-electron chi connectivity index (χ1n) is 10.2. The van der Waals surface area contributed by atoms with Crippen molar-refractivity contribution in [3.05, 3.63) is 95.1 Å². The third-order valence-corrected chi connectivity index (χ3v) is 4.98. The molecule has 0 radical (unpaired) electrons. The van der Waals surface area contributed by atoms with Gasteiger partial charge in [0.05, 0.1) is 11.3 Å². The highest BCUT2D eigenvalue weighted by atomic mass is 16.5. The van der Waals surface area contributed by atoms with E-state index in [-0.39, 0.29) is 11.5 Å². The minimum absolute atomic E-state index is 0.209. The second kappa shape index (κ2) is 10.3. The molecule has 0 aliphatic heterocycles. The quantitative estimate of drug-likeness (QED) is 0.518. The lowest BCUT2D eigenvalue weighted by Crippen LogP contribution is -2.47. The number of amides is 3. The number of ether oxygens (including phenoxy) is 1. The SMILES string of the molecule is Cc1cccc(OC(C)C(=O)NNC(=O)c2ccccc2NC(=O)c2ccccc2)c1C. The van der Waals surface area contributed by atoms with E-state index in [0.29, 0.717) is 17.0 Å². The number of hydrogen-bond acceptors (Lipinski definition) is 4. The van der Waals surface area contributed by atoms with Gasteiger partial charge < -0.3 is 10.1 Å². The minimum Gasteiger partial charge on any atom is -0.481 e. The van der Waals surface area contributed by atoms with Gasteiger partial charge in [-0.15, -0.1) is 0 Å². The maximum absolute atomic E-state index is 12.6. The molecule has 0 saturated carbocycles. The summed E-state index contributed by atoms with van der Waals surface area (Å²) in [7, 11) is 0. The monoisotopic (exact) mass is 431 g/mol. The Hall–Kier alpha value is -4.13. The molecule has 0 aliphatic carbocycles. The van der Waals surface area contributed by atoms with E-state index in [2.05, 4.69) is 16.2 Å². The Balaban J connectivity index is 1.62. The molecule has 3 N–H and O–H groups in total. The number of nitrogens with one attached hydrogen (secondary N) is 3. The highest BCUT2D eigenvalue weighted by Crippen LogP contribution is 2.21. The summed E-state index contributed by atoms with van der Waals surface area (Å²) in [6.07, 6.45) is -0.830. The fourth-order valence-electron chi connectivity index (χ4n) is 2.96. The second-order valence-electron chi connectivity index (χ2n) is 7.27. The number of benzene rings is 3. The topological polar surface area (TPSA) is 96.5 Å². The molecule has 3 aromatic rings. The van der Waals surface area contributed by atoms with Gasteiger partial charge in [0.25, 0.3) is 17.7 Å².